The lowest BCUT2D eigenvalue weighted by Crippen LogP contribution is -2.45. The van der Waals surface area contributed by atoms with Crippen LogP contribution in [-0.4, -0.2) is 58.6 Å². The number of ketones is 1. The number of ether oxygens (including phenoxy) is 2. The van der Waals surface area contributed by atoms with Gasteiger partial charge in [0, 0.05) is 20.0 Å². The molecule has 8 nitrogen and oxygen atoms in total. The smallest absolute Gasteiger partial charge is 0.471 e. The molecule has 1 N–H and O–H groups in total. The van der Waals surface area contributed by atoms with Gasteiger partial charge >= 0.3 is 18.2 Å². The summed E-state index contributed by atoms with van der Waals surface area (Å²) in [6.45, 7) is 14.2. The second-order valence-corrected chi connectivity index (χ2v) is 11.0. The highest BCUT2D eigenvalue weighted by Gasteiger charge is 2.40. The summed E-state index contributed by atoms with van der Waals surface area (Å²) >= 11 is 0. The first-order valence-electron chi connectivity index (χ1n) is 13.0. The van der Waals surface area contributed by atoms with Crippen LogP contribution in [0.5, 0.6) is 5.75 Å². The summed E-state index contributed by atoms with van der Waals surface area (Å²) in [6.07, 6.45) is -3.63. The third-order valence-electron chi connectivity index (χ3n) is 5.91. The second kappa shape index (κ2) is 13.6. The Labute approximate surface area is 233 Å². The lowest BCUT2D eigenvalue weighted by molar-refractivity contribution is -0.174. The average molecular weight is 566 g/mol. The van der Waals surface area contributed by atoms with Crippen molar-refractivity contribution in [1.82, 2.24) is 15.2 Å². The van der Waals surface area contributed by atoms with E-state index in [0.717, 1.165) is 25.1 Å². The topological polar surface area (TPSA) is 97.8 Å². The Bertz CT molecular complexity index is 1150. The van der Waals surface area contributed by atoms with Gasteiger partial charge in [-0.3, -0.25) is 9.59 Å². The number of pyridine rings is 1. The van der Waals surface area contributed by atoms with Crippen molar-refractivity contribution >= 4 is 17.8 Å². The van der Waals surface area contributed by atoms with E-state index in [4.69, 9.17) is 9.47 Å². The van der Waals surface area contributed by atoms with Gasteiger partial charge in [-0.1, -0.05) is 36.8 Å². The summed E-state index contributed by atoms with van der Waals surface area (Å²) in [5, 5.41) is 1.92. The molecule has 0 bridgehead atoms. The molecule has 40 heavy (non-hydrogen) atoms. The van der Waals surface area contributed by atoms with Crippen LogP contribution in [-0.2, 0) is 9.53 Å². The van der Waals surface area contributed by atoms with Crippen molar-refractivity contribution in [3.8, 4) is 5.75 Å². The standard InChI is InChI=1S/C19H19F3N2O3.C10H19NO2/c1-11-4-6-14(7-5-11)17(12(2)24-18(26)19(20,21)22)27-15-8-9-16(13(3)25)23-10-15;1-8-5-6-11(7-8)9(12)13-10(2,3)4/h4-10,12,17H,1-3H3,(H,24,26);8H,5-7H2,1-4H3/t12?,17-;/m0./s1. The van der Waals surface area contributed by atoms with Crippen LogP contribution in [0.2, 0.25) is 0 Å². The Hall–Kier alpha value is -3.63. The predicted molar refractivity (Wildman–Crippen MR) is 144 cm³/mol. The fourth-order valence-electron chi connectivity index (χ4n) is 3.81. The SMILES string of the molecule is CC(=O)c1ccc(O[C@H](c2ccc(C)cc2)C(C)NC(=O)C(F)(F)F)cn1.CC1CCN(C(=O)OC(C)(C)C)C1. The van der Waals surface area contributed by atoms with Crippen molar-refractivity contribution in [2.75, 3.05) is 13.1 Å². The van der Waals surface area contributed by atoms with E-state index < -0.39 is 24.2 Å². The number of rotatable bonds is 6. The normalized spacial score (nSPS) is 16.8. The number of nitrogens with zero attached hydrogens (tertiary/aromatic N) is 2. The van der Waals surface area contributed by atoms with Crippen LogP contribution in [0.4, 0.5) is 18.0 Å². The minimum atomic E-state index is -4.99. The molecule has 1 aromatic heterocycles. The van der Waals surface area contributed by atoms with Gasteiger partial charge in [-0.25, -0.2) is 9.78 Å². The van der Waals surface area contributed by atoms with Gasteiger partial charge in [0.2, 0.25) is 0 Å². The number of likely N-dealkylation sites (tertiary alicyclic amines) is 1. The molecule has 1 saturated heterocycles. The zero-order chi connectivity index (χ0) is 30.3. The fourth-order valence-corrected chi connectivity index (χ4v) is 3.81. The Kier molecular flexibility index (Phi) is 11.1. The largest absolute Gasteiger partial charge is 0.482 e. The number of halogens is 3. The zero-order valence-electron chi connectivity index (χ0n) is 24.0. The molecular formula is C29H38F3N3O5. The van der Waals surface area contributed by atoms with E-state index in [-0.39, 0.29) is 28.9 Å². The predicted octanol–water partition coefficient (Wildman–Crippen LogP) is 6.04. The number of carbonyl (C=O) groups is 3. The molecule has 1 fully saturated rings. The Morgan fingerprint density at radius 1 is 1.07 bits per heavy atom. The minimum Gasteiger partial charge on any atom is -0.482 e. The summed E-state index contributed by atoms with van der Waals surface area (Å²) in [5.41, 5.74) is 1.43. The molecule has 2 heterocycles. The number of hydrogen-bond acceptors (Lipinski definition) is 6. The molecule has 0 saturated carbocycles. The Balaban J connectivity index is 0.000000360. The van der Waals surface area contributed by atoms with E-state index >= 15 is 0 Å². The highest BCUT2D eigenvalue weighted by Crippen LogP contribution is 2.26. The van der Waals surface area contributed by atoms with Crippen molar-refractivity contribution in [1.29, 1.82) is 0 Å². The van der Waals surface area contributed by atoms with Gasteiger partial charge in [-0.2, -0.15) is 13.2 Å². The van der Waals surface area contributed by atoms with E-state index in [9.17, 15) is 27.6 Å². The number of Topliss-reactive ketones (excluding diaryl/α,β-unsaturated/α-hetero) is 1. The van der Waals surface area contributed by atoms with Crippen LogP contribution < -0.4 is 10.1 Å². The maximum Gasteiger partial charge on any atom is 0.471 e. The lowest BCUT2D eigenvalue weighted by atomic mass is 10.0. The van der Waals surface area contributed by atoms with Crippen molar-refractivity contribution in [3.63, 3.8) is 0 Å². The van der Waals surface area contributed by atoms with Crippen LogP contribution in [0.1, 0.15) is 75.7 Å². The van der Waals surface area contributed by atoms with E-state index in [0.29, 0.717) is 11.5 Å². The van der Waals surface area contributed by atoms with Gasteiger partial charge in [-0.05, 0) is 64.7 Å². The third-order valence-corrected chi connectivity index (χ3v) is 5.91. The second-order valence-electron chi connectivity index (χ2n) is 11.0. The number of amides is 2. The Morgan fingerprint density at radius 3 is 2.15 bits per heavy atom. The monoisotopic (exact) mass is 565 g/mol. The summed E-state index contributed by atoms with van der Waals surface area (Å²) in [5.74, 6) is -1.38. The molecule has 3 rings (SSSR count). The number of nitrogens with one attached hydrogen (secondary N) is 1. The molecule has 2 aromatic rings. The maximum absolute atomic E-state index is 12.6. The molecule has 220 valence electrons. The minimum absolute atomic E-state index is 0.170. The van der Waals surface area contributed by atoms with E-state index in [2.05, 4.69) is 11.9 Å². The number of benzene rings is 1. The quantitative estimate of drug-likeness (QED) is 0.429. The maximum atomic E-state index is 12.6. The van der Waals surface area contributed by atoms with Crippen molar-refractivity contribution in [2.24, 2.45) is 5.92 Å². The van der Waals surface area contributed by atoms with Gasteiger partial charge < -0.3 is 19.7 Å². The van der Waals surface area contributed by atoms with E-state index in [1.807, 2.05) is 33.0 Å². The highest BCUT2D eigenvalue weighted by molar-refractivity contribution is 5.92. The van der Waals surface area contributed by atoms with Crippen molar-refractivity contribution in [2.45, 2.75) is 78.8 Å². The molecule has 2 unspecified atom stereocenters. The molecule has 1 aromatic carbocycles. The highest BCUT2D eigenvalue weighted by atomic mass is 19.4. The van der Waals surface area contributed by atoms with Gasteiger partial charge in [0.05, 0.1) is 12.2 Å². The van der Waals surface area contributed by atoms with Crippen molar-refractivity contribution < 1.29 is 37.0 Å². The van der Waals surface area contributed by atoms with Gasteiger partial charge in [0.25, 0.3) is 0 Å². The number of hydrogen-bond donors (Lipinski definition) is 1. The van der Waals surface area contributed by atoms with Gasteiger partial charge in [0.1, 0.15) is 23.1 Å². The average Bonchev–Trinajstić information content (AvgIpc) is 3.29. The Morgan fingerprint density at radius 2 is 1.70 bits per heavy atom. The molecule has 11 heteroatoms. The lowest BCUT2D eigenvalue weighted by Gasteiger charge is -2.27. The molecule has 1 aliphatic heterocycles. The zero-order valence-corrected chi connectivity index (χ0v) is 24.0. The number of carbonyl (C=O) groups excluding carboxylic acids is 3. The van der Waals surface area contributed by atoms with Crippen LogP contribution in [0, 0.1) is 12.8 Å². The number of aryl methyl sites for hydroxylation is 1. The van der Waals surface area contributed by atoms with Crippen LogP contribution in [0.15, 0.2) is 42.6 Å². The van der Waals surface area contributed by atoms with E-state index in [1.54, 1.807) is 29.2 Å². The summed E-state index contributed by atoms with van der Waals surface area (Å²) < 4.78 is 48.8. The first kappa shape index (κ1) is 32.6. The summed E-state index contributed by atoms with van der Waals surface area (Å²) in [4.78, 5) is 39.8. The summed E-state index contributed by atoms with van der Waals surface area (Å²) in [7, 11) is 0. The fraction of sp³-hybridized carbons (Fsp3) is 0.517. The van der Waals surface area contributed by atoms with E-state index in [1.165, 1.54) is 32.2 Å². The molecule has 0 spiro atoms. The first-order valence-corrected chi connectivity index (χ1v) is 13.0. The molecule has 1 aliphatic rings. The summed E-state index contributed by atoms with van der Waals surface area (Å²) in [6, 6.07) is 9.00. The van der Waals surface area contributed by atoms with Gasteiger partial charge in [0.15, 0.2) is 5.78 Å². The number of aromatic nitrogens is 1. The van der Waals surface area contributed by atoms with Crippen LogP contribution >= 0.6 is 0 Å². The number of alkyl halides is 3. The van der Waals surface area contributed by atoms with Crippen LogP contribution in [0.25, 0.3) is 0 Å². The molecule has 2 amide bonds. The third kappa shape index (κ3) is 10.5. The molecule has 3 atom stereocenters. The molecular weight excluding hydrogens is 527 g/mol. The van der Waals surface area contributed by atoms with Crippen molar-refractivity contribution in [3.05, 3.63) is 59.4 Å². The molecule has 0 radical (unpaired) electrons. The van der Waals surface area contributed by atoms with Crippen LogP contribution in [0.3, 0.4) is 0 Å². The first-order chi connectivity index (χ1) is 18.5. The van der Waals surface area contributed by atoms with Gasteiger partial charge in [-0.15, -0.1) is 0 Å². The molecule has 0 aliphatic carbocycles.